The summed E-state index contributed by atoms with van der Waals surface area (Å²) in [5.74, 6) is 0. The van der Waals surface area contributed by atoms with Crippen LogP contribution in [0.3, 0.4) is 0 Å². The van der Waals surface area contributed by atoms with E-state index in [2.05, 4.69) is 98.9 Å². The molecule has 0 radical (unpaired) electrons. The predicted molar refractivity (Wildman–Crippen MR) is 95.6 cm³/mol. The lowest BCUT2D eigenvalue weighted by molar-refractivity contribution is 0.590. The van der Waals surface area contributed by atoms with Gasteiger partial charge >= 0.3 is 0 Å². The van der Waals surface area contributed by atoms with E-state index in [9.17, 15) is 0 Å². The molecule has 0 nitrogen and oxygen atoms in total. The van der Waals surface area contributed by atoms with Gasteiger partial charge in [0.2, 0.25) is 0 Å². The third-order valence-corrected chi connectivity index (χ3v) is 7.63. The van der Waals surface area contributed by atoms with E-state index in [0.29, 0.717) is 0 Å². The fourth-order valence-electron chi connectivity index (χ4n) is 1.80. The van der Waals surface area contributed by atoms with Gasteiger partial charge in [-0.05, 0) is 54.5 Å². The van der Waals surface area contributed by atoms with Gasteiger partial charge in [-0.3, -0.25) is 0 Å². The van der Waals surface area contributed by atoms with E-state index in [0.717, 1.165) is 8.26 Å². The Kier molecular flexibility index (Phi) is 4.97. The van der Waals surface area contributed by atoms with Crippen LogP contribution in [0.25, 0.3) is 0 Å². The fourth-order valence-corrected chi connectivity index (χ4v) is 4.62. The molecule has 1 atom stereocenters. The molecule has 1 aromatic heterocycles. The third kappa shape index (κ3) is 3.72. The molecule has 0 N–H and O–H groups in total. The molecule has 1 unspecified atom stereocenters. The number of rotatable bonds is 2. The van der Waals surface area contributed by atoms with Crippen LogP contribution in [0.2, 0.25) is 0 Å². The minimum atomic E-state index is 0.204. The smallest absolute Gasteiger partial charge is 0.0843 e. The first kappa shape index (κ1) is 15.7. The van der Waals surface area contributed by atoms with Gasteiger partial charge in [0.1, 0.15) is 0 Å². The summed E-state index contributed by atoms with van der Waals surface area (Å²) in [5, 5.41) is 0. The largest absolute Gasteiger partial charge is 0.131 e. The highest BCUT2D eigenvalue weighted by atomic mass is 79.9. The molecule has 2 aromatic rings. The van der Waals surface area contributed by atoms with Crippen molar-refractivity contribution < 1.29 is 0 Å². The van der Waals surface area contributed by atoms with Crippen LogP contribution in [-0.2, 0) is 5.41 Å². The van der Waals surface area contributed by atoms with E-state index in [-0.39, 0.29) is 10.2 Å². The lowest BCUT2D eigenvalue weighted by Crippen LogP contribution is -2.10. The highest BCUT2D eigenvalue weighted by Crippen LogP contribution is 2.41. The van der Waals surface area contributed by atoms with Gasteiger partial charge in [-0.2, -0.15) is 0 Å². The predicted octanol–water partition coefficient (Wildman–Crippen LogP) is 7.05. The molecule has 0 aliphatic carbocycles. The molecule has 0 spiro atoms. The molecule has 0 fully saturated rings. The number of thiophene rings is 1. The van der Waals surface area contributed by atoms with Crippen molar-refractivity contribution in [1.29, 1.82) is 0 Å². The zero-order valence-corrected chi connectivity index (χ0v) is 16.6. The molecule has 102 valence electrons. The van der Waals surface area contributed by atoms with Crippen molar-refractivity contribution in [3.05, 3.63) is 54.6 Å². The van der Waals surface area contributed by atoms with Crippen LogP contribution < -0.4 is 0 Å². The van der Waals surface area contributed by atoms with Crippen LogP contribution >= 0.6 is 59.1 Å². The number of benzene rings is 1. The van der Waals surface area contributed by atoms with Gasteiger partial charge in [-0.25, -0.2) is 0 Å². The van der Waals surface area contributed by atoms with Gasteiger partial charge in [0.05, 0.1) is 8.61 Å². The topological polar surface area (TPSA) is 0 Å². The van der Waals surface area contributed by atoms with Gasteiger partial charge in [-0.1, -0.05) is 61.0 Å². The normalized spacial score (nSPS) is 13.6. The molecule has 0 bridgehead atoms. The summed E-state index contributed by atoms with van der Waals surface area (Å²) >= 11 is 12.6. The summed E-state index contributed by atoms with van der Waals surface area (Å²) in [4.78, 5) is 1.54. The molecule has 0 saturated heterocycles. The molecular formula is C15H15Br3S. The number of halogens is 3. The second-order valence-corrected chi connectivity index (χ2v) is 9.68. The quantitative estimate of drug-likeness (QED) is 0.416. The van der Waals surface area contributed by atoms with Crippen molar-refractivity contribution in [3.63, 3.8) is 0 Å². The zero-order chi connectivity index (χ0) is 14.2. The first-order valence-corrected chi connectivity index (χ1v) is 9.30. The first-order valence-electron chi connectivity index (χ1n) is 5.98. The lowest BCUT2D eigenvalue weighted by Gasteiger charge is -2.19. The fraction of sp³-hybridized carbons (Fsp3) is 0.333. The first-order chi connectivity index (χ1) is 8.79. The van der Waals surface area contributed by atoms with E-state index in [1.54, 1.807) is 11.3 Å². The summed E-state index contributed by atoms with van der Waals surface area (Å²) in [7, 11) is 0. The van der Waals surface area contributed by atoms with Crippen LogP contribution in [0.1, 0.15) is 41.6 Å². The molecule has 19 heavy (non-hydrogen) atoms. The molecule has 0 amide bonds. The van der Waals surface area contributed by atoms with E-state index >= 15 is 0 Å². The molecule has 1 aromatic carbocycles. The van der Waals surface area contributed by atoms with Crippen LogP contribution in [0.4, 0.5) is 0 Å². The monoisotopic (exact) mass is 464 g/mol. The maximum absolute atomic E-state index is 3.79. The minimum absolute atomic E-state index is 0.204. The summed E-state index contributed by atoms with van der Waals surface area (Å²) in [5.41, 5.74) is 2.86. The van der Waals surface area contributed by atoms with Crippen molar-refractivity contribution in [3.8, 4) is 0 Å². The van der Waals surface area contributed by atoms with Gasteiger partial charge < -0.3 is 0 Å². The summed E-state index contributed by atoms with van der Waals surface area (Å²) in [6.45, 7) is 6.71. The standard InChI is InChI=1S/C15H15Br3S/c1-15(2,3)10-6-4-9(5-7-10)13(17)12-8-11(16)14(18)19-12/h4-8,13H,1-3H3. The number of alkyl halides is 1. The molecule has 0 aliphatic rings. The Morgan fingerprint density at radius 3 is 2.05 bits per heavy atom. The summed E-state index contributed by atoms with van der Waals surface area (Å²) < 4.78 is 2.25. The molecule has 2 rings (SSSR count). The van der Waals surface area contributed by atoms with Gasteiger partial charge in [0.15, 0.2) is 0 Å². The molecular weight excluding hydrogens is 452 g/mol. The van der Waals surface area contributed by atoms with Gasteiger partial charge in [0, 0.05) is 9.35 Å². The molecule has 4 heteroatoms. The zero-order valence-electron chi connectivity index (χ0n) is 11.0. The Bertz CT molecular complexity index is 545. The third-order valence-electron chi connectivity index (χ3n) is 2.98. The Balaban J connectivity index is 2.27. The van der Waals surface area contributed by atoms with E-state index in [4.69, 9.17) is 0 Å². The van der Waals surface area contributed by atoms with E-state index < -0.39 is 0 Å². The second-order valence-electron chi connectivity index (χ2n) is 5.50. The number of hydrogen-bond acceptors (Lipinski definition) is 1. The Hall–Kier alpha value is 0.360. The van der Waals surface area contributed by atoms with Crippen molar-refractivity contribution in [1.82, 2.24) is 0 Å². The summed E-state index contributed by atoms with van der Waals surface area (Å²) in [6, 6.07) is 11.0. The average molecular weight is 467 g/mol. The van der Waals surface area contributed by atoms with Crippen molar-refractivity contribution in [2.45, 2.75) is 31.0 Å². The van der Waals surface area contributed by atoms with Gasteiger partial charge in [-0.15, -0.1) is 11.3 Å². The highest BCUT2D eigenvalue weighted by Gasteiger charge is 2.17. The van der Waals surface area contributed by atoms with Gasteiger partial charge in [0.25, 0.3) is 0 Å². The molecule has 1 heterocycles. The van der Waals surface area contributed by atoms with Crippen LogP contribution in [0, 0.1) is 0 Å². The van der Waals surface area contributed by atoms with Crippen molar-refractivity contribution in [2.75, 3.05) is 0 Å². The lowest BCUT2D eigenvalue weighted by atomic mass is 9.86. The maximum Gasteiger partial charge on any atom is 0.0843 e. The average Bonchev–Trinajstić information content (AvgIpc) is 2.68. The van der Waals surface area contributed by atoms with Crippen LogP contribution in [-0.4, -0.2) is 0 Å². The van der Waals surface area contributed by atoms with Crippen LogP contribution in [0.15, 0.2) is 38.6 Å². The number of hydrogen-bond donors (Lipinski definition) is 0. The molecule has 0 aliphatic heterocycles. The summed E-state index contributed by atoms with van der Waals surface area (Å²) in [6.07, 6.45) is 0. The van der Waals surface area contributed by atoms with Crippen LogP contribution in [0.5, 0.6) is 0 Å². The minimum Gasteiger partial charge on any atom is -0.131 e. The van der Waals surface area contributed by atoms with E-state index in [1.807, 2.05) is 0 Å². The van der Waals surface area contributed by atoms with Crippen molar-refractivity contribution in [2.24, 2.45) is 0 Å². The maximum atomic E-state index is 3.79. The Morgan fingerprint density at radius 1 is 1.05 bits per heavy atom. The Morgan fingerprint density at radius 2 is 1.63 bits per heavy atom. The second kappa shape index (κ2) is 6.00. The Labute approximate surface area is 144 Å². The molecule has 0 saturated carbocycles. The highest BCUT2D eigenvalue weighted by molar-refractivity contribution is 9.13. The SMILES string of the molecule is CC(C)(C)c1ccc(C(Br)c2cc(Br)c(Br)s2)cc1. The van der Waals surface area contributed by atoms with E-state index in [1.165, 1.54) is 16.0 Å². The van der Waals surface area contributed by atoms with Crippen molar-refractivity contribution >= 4 is 59.1 Å².